The number of amides is 1. The zero-order valence-electron chi connectivity index (χ0n) is 15.5. The van der Waals surface area contributed by atoms with E-state index in [4.69, 9.17) is 4.74 Å². The van der Waals surface area contributed by atoms with E-state index < -0.39 is 12.1 Å². The zero-order valence-corrected chi connectivity index (χ0v) is 15.5. The maximum atomic E-state index is 12.8. The van der Waals surface area contributed by atoms with E-state index >= 15 is 0 Å². The molecular formula is C22H22N2O3. The van der Waals surface area contributed by atoms with E-state index in [1.165, 1.54) is 5.56 Å². The van der Waals surface area contributed by atoms with Crippen molar-refractivity contribution in [2.75, 3.05) is 6.54 Å². The van der Waals surface area contributed by atoms with E-state index in [1.807, 2.05) is 54.1 Å². The third kappa shape index (κ3) is 3.21. The van der Waals surface area contributed by atoms with Crippen molar-refractivity contribution in [2.45, 2.75) is 26.0 Å². The van der Waals surface area contributed by atoms with Gasteiger partial charge < -0.3 is 14.2 Å². The molecule has 5 heteroatoms. The molecule has 1 amide bonds. The number of carbonyl (C=O) groups is 2. The van der Waals surface area contributed by atoms with Gasteiger partial charge in [0.15, 0.2) is 6.10 Å². The van der Waals surface area contributed by atoms with Crippen LogP contribution in [0.15, 0.2) is 54.7 Å². The Labute approximate surface area is 158 Å². The number of benzene rings is 2. The number of nitrogens with zero attached hydrogens (tertiary/aromatic N) is 2. The van der Waals surface area contributed by atoms with Crippen molar-refractivity contribution in [1.82, 2.24) is 9.47 Å². The largest absolute Gasteiger partial charge is 0.449 e. The van der Waals surface area contributed by atoms with Crippen LogP contribution in [0.25, 0.3) is 10.9 Å². The predicted octanol–water partition coefficient (Wildman–Crippen LogP) is 3.31. The molecule has 0 saturated carbocycles. The second kappa shape index (κ2) is 6.91. The average Bonchev–Trinajstić information content (AvgIpc) is 3.04. The molecule has 0 N–H and O–H groups in total. The van der Waals surface area contributed by atoms with Crippen molar-refractivity contribution in [2.24, 2.45) is 7.05 Å². The maximum absolute atomic E-state index is 12.8. The second-order valence-electron chi connectivity index (χ2n) is 7.00. The number of esters is 1. The van der Waals surface area contributed by atoms with Gasteiger partial charge in [-0.3, -0.25) is 4.79 Å². The highest BCUT2D eigenvalue weighted by atomic mass is 16.5. The summed E-state index contributed by atoms with van der Waals surface area (Å²) in [6.07, 6.45) is 1.76. The highest BCUT2D eigenvalue weighted by Gasteiger charge is 2.28. The van der Waals surface area contributed by atoms with Gasteiger partial charge in [0.2, 0.25) is 0 Å². The van der Waals surface area contributed by atoms with Gasteiger partial charge in [0.1, 0.15) is 0 Å². The molecule has 3 aromatic rings. The molecule has 0 spiro atoms. The Balaban J connectivity index is 1.48. The van der Waals surface area contributed by atoms with Crippen LogP contribution in [-0.2, 0) is 29.5 Å². The van der Waals surface area contributed by atoms with Crippen LogP contribution in [0.5, 0.6) is 0 Å². The van der Waals surface area contributed by atoms with Gasteiger partial charge >= 0.3 is 5.97 Å². The van der Waals surface area contributed by atoms with Crippen LogP contribution in [-0.4, -0.2) is 34.0 Å². The first-order valence-electron chi connectivity index (χ1n) is 9.15. The topological polar surface area (TPSA) is 51.5 Å². The van der Waals surface area contributed by atoms with Gasteiger partial charge in [-0.05, 0) is 30.5 Å². The lowest BCUT2D eigenvalue weighted by Crippen LogP contribution is -2.42. The highest BCUT2D eigenvalue weighted by Crippen LogP contribution is 2.23. The summed E-state index contributed by atoms with van der Waals surface area (Å²) in [5, 5.41) is 0.830. The third-order valence-corrected chi connectivity index (χ3v) is 5.19. The van der Waals surface area contributed by atoms with Gasteiger partial charge in [-0.1, -0.05) is 42.5 Å². The summed E-state index contributed by atoms with van der Waals surface area (Å²) in [6, 6.07) is 15.8. The van der Waals surface area contributed by atoms with Crippen molar-refractivity contribution in [1.29, 1.82) is 0 Å². The molecule has 1 aromatic heterocycles. The van der Waals surface area contributed by atoms with Crippen molar-refractivity contribution >= 4 is 22.8 Å². The first-order chi connectivity index (χ1) is 13.0. The molecule has 2 heterocycles. The molecule has 0 radical (unpaired) electrons. The fourth-order valence-corrected chi connectivity index (χ4v) is 3.72. The molecule has 0 aliphatic carbocycles. The molecular weight excluding hydrogens is 340 g/mol. The SMILES string of the molecule is C[C@@H](OC(=O)c1cn(C)c2ccccc12)C(=O)N1CCc2ccccc2C1. The number of carbonyl (C=O) groups excluding carboxylic acids is 2. The summed E-state index contributed by atoms with van der Waals surface area (Å²) in [4.78, 5) is 27.2. The standard InChI is InChI=1S/C22H22N2O3/c1-15(21(25)24-12-11-16-7-3-4-8-17(16)13-24)27-22(26)19-14-23(2)20-10-6-5-9-18(19)20/h3-10,14-15H,11-13H2,1-2H3/t15-/m1/s1. The number of ether oxygens (including phenoxy) is 1. The Morgan fingerprint density at radius 3 is 2.56 bits per heavy atom. The van der Waals surface area contributed by atoms with E-state index in [0.29, 0.717) is 18.7 Å². The molecule has 2 aromatic carbocycles. The molecule has 1 aliphatic rings. The van der Waals surface area contributed by atoms with Crippen LogP contribution in [0.3, 0.4) is 0 Å². The van der Waals surface area contributed by atoms with E-state index in [2.05, 4.69) is 6.07 Å². The minimum absolute atomic E-state index is 0.155. The number of aromatic nitrogens is 1. The Kier molecular flexibility index (Phi) is 4.44. The number of aryl methyl sites for hydroxylation is 1. The Hall–Kier alpha value is -3.08. The summed E-state index contributed by atoms with van der Waals surface area (Å²) >= 11 is 0. The van der Waals surface area contributed by atoms with Gasteiger partial charge in [-0.2, -0.15) is 0 Å². The summed E-state index contributed by atoms with van der Waals surface area (Å²) in [5.74, 6) is -0.622. The normalized spacial score (nSPS) is 14.7. The molecule has 0 fully saturated rings. The summed E-state index contributed by atoms with van der Waals surface area (Å²) in [6.45, 7) is 2.85. The number of hydrogen-bond donors (Lipinski definition) is 0. The molecule has 4 rings (SSSR count). The van der Waals surface area contributed by atoms with Gasteiger partial charge in [-0.25, -0.2) is 4.79 Å². The lowest BCUT2D eigenvalue weighted by Gasteiger charge is -2.30. The third-order valence-electron chi connectivity index (χ3n) is 5.19. The maximum Gasteiger partial charge on any atom is 0.341 e. The number of rotatable bonds is 3. The van der Waals surface area contributed by atoms with Crippen LogP contribution in [0, 0.1) is 0 Å². The fraction of sp³-hybridized carbons (Fsp3) is 0.273. The molecule has 5 nitrogen and oxygen atoms in total. The molecule has 138 valence electrons. The highest BCUT2D eigenvalue weighted by molar-refractivity contribution is 6.05. The molecule has 1 aliphatic heterocycles. The average molecular weight is 362 g/mol. The van der Waals surface area contributed by atoms with E-state index in [-0.39, 0.29) is 5.91 Å². The smallest absolute Gasteiger partial charge is 0.341 e. The van der Waals surface area contributed by atoms with Crippen LogP contribution in [0.4, 0.5) is 0 Å². The van der Waals surface area contributed by atoms with Crippen molar-refractivity contribution < 1.29 is 14.3 Å². The summed E-state index contributed by atoms with van der Waals surface area (Å²) in [5.41, 5.74) is 3.87. The Bertz CT molecular complexity index is 1020. The zero-order chi connectivity index (χ0) is 19.0. The molecule has 27 heavy (non-hydrogen) atoms. The van der Waals surface area contributed by atoms with E-state index in [1.54, 1.807) is 18.0 Å². The van der Waals surface area contributed by atoms with Crippen LogP contribution >= 0.6 is 0 Å². The molecule has 1 atom stereocenters. The first kappa shape index (κ1) is 17.3. The summed E-state index contributed by atoms with van der Waals surface area (Å²) in [7, 11) is 1.89. The van der Waals surface area contributed by atoms with Gasteiger partial charge in [0.05, 0.1) is 5.56 Å². The van der Waals surface area contributed by atoms with Crippen LogP contribution in [0.1, 0.15) is 28.4 Å². The van der Waals surface area contributed by atoms with Crippen molar-refractivity contribution in [3.8, 4) is 0 Å². The number of para-hydroxylation sites is 1. The lowest BCUT2D eigenvalue weighted by atomic mass is 9.99. The van der Waals surface area contributed by atoms with E-state index in [9.17, 15) is 9.59 Å². The lowest BCUT2D eigenvalue weighted by molar-refractivity contribution is -0.140. The molecule has 0 unspecified atom stereocenters. The Morgan fingerprint density at radius 2 is 1.74 bits per heavy atom. The van der Waals surface area contributed by atoms with Gasteiger partial charge in [-0.15, -0.1) is 0 Å². The molecule has 0 bridgehead atoms. The minimum Gasteiger partial charge on any atom is -0.449 e. The fourth-order valence-electron chi connectivity index (χ4n) is 3.72. The van der Waals surface area contributed by atoms with Gasteiger partial charge in [0.25, 0.3) is 5.91 Å². The first-order valence-corrected chi connectivity index (χ1v) is 9.15. The molecule has 0 saturated heterocycles. The van der Waals surface area contributed by atoms with Crippen LogP contribution in [0.2, 0.25) is 0 Å². The minimum atomic E-state index is -0.818. The monoisotopic (exact) mass is 362 g/mol. The second-order valence-corrected chi connectivity index (χ2v) is 7.00. The number of hydrogen-bond acceptors (Lipinski definition) is 3. The van der Waals surface area contributed by atoms with Gasteiger partial charge in [0, 0.05) is 37.2 Å². The van der Waals surface area contributed by atoms with Crippen molar-refractivity contribution in [3.05, 3.63) is 71.4 Å². The number of fused-ring (bicyclic) bond motifs is 2. The Morgan fingerprint density at radius 1 is 1.04 bits per heavy atom. The van der Waals surface area contributed by atoms with E-state index in [0.717, 1.165) is 22.9 Å². The predicted molar refractivity (Wildman–Crippen MR) is 103 cm³/mol. The van der Waals surface area contributed by atoms with Crippen LogP contribution < -0.4 is 0 Å². The summed E-state index contributed by atoms with van der Waals surface area (Å²) < 4.78 is 7.41. The quantitative estimate of drug-likeness (QED) is 0.672. The van der Waals surface area contributed by atoms with Crippen molar-refractivity contribution in [3.63, 3.8) is 0 Å².